The van der Waals surface area contributed by atoms with E-state index >= 15 is 0 Å². The van der Waals surface area contributed by atoms with E-state index in [0.717, 1.165) is 77.7 Å². The van der Waals surface area contributed by atoms with Crippen LogP contribution < -0.4 is 15.5 Å². The molecule has 1 atom stereocenters. The van der Waals surface area contributed by atoms with E-state index in [-0.39, 0.29) is 0 Å². The molecule has 2 heterocycles. The van der Waals surface area contributed by atoms with Gasteiger partial charge < -0.3 is 25.0 Å². The van der Waals surface area contributed by atoms with Gasteiger partial charge in [0.1, 0.15) is 0 Å². The standard InChI is InChI=1S/C22H36N4O2/c1-18-16-20-6-3-4-7-21(20)26(18)12-11-25-22(23-2)24-10-5-13-28-17-19-8-14-27-15-9-19/h3-4,6-7,18-19H,5,8-17H2,1-2H3,(H2,23,24,25). The summed E-state index contributed by atoms with van der Waals surface area (Å²) in [5.74, 6) is 1.54. The topological polar surface area (TPSA) is 58.1 Å². The number of para-hydroxylation sites is 1. The molecule has 0 bridgehead atoms. The van der Waals surface area contributed by atoms with Crippen molar-refractivity contribution in [3.8, 4) is 0 Å². The second-order valence-corrected chi connectivity index (χ2v) is 7.79. The van der Waals surface area contributed by atoms with Crippen LogP contribution in [0.1, 0.15) is 31.7 Å². The van der Waals surface area contributed by atoms with Crippen molar-refractivity contribution in [3.63, 3.8) is 0 Å². The number of ether oxygens (including phenoxy) is 2. The van der Waals surface area contributed by atoms with Gasteiger partial charge in [0, 0.05) is 64.8 Å². The van der Waals surface area contributed by atoms with E-state index in [1.54, 1.807) is 0 Å². The first-order valence-electron chi connectivity index (χ1n) is 10.7. The first-order valence-corrected chi connectivity index (χ1v) is 10.7. The number of fused-ring (bicyclic) bond motifs is 1. The van der Waals surface area contributed by atoms with Crippen molar-refractivity contribution in [3.05, 3.63) is 29.8 Å². The minimum atomic E-state index is 0.557. The molecule has 0 radical (unpaired) electrons. The summed E-state index contributed by atoms with van der Waals surface area (Å²) in [6.45, 7) is 8.46. The minimum absolute atomic E-state index is 0.557. The summed E-state index contributed by atoms with van der Waals surface area (Å²) in [5, 5.41) is 6.82. The van der Waals surface area contributed by atoms with Gasteiger partial charge in [-0.25, -0.2) is 0 Å². The van der Waals surface area contributed by atoms with E-state index in [1.807, 2.05) is 7.05 Å². The molecule has 1 fully saturated rings. The van der Waals surface area contributed by atoms with Gasteiger partial charge in [0.25, 0.3) is 0 Å². The van der Waals surface area contributed by atoms with Crippen LogP contribution in [-0.4, -0.2) is 65.1 Å². The van der Waals surface area contributed by atoms with E-state index in [4.69, 9.17) is 9.47 Å². The fourth-order valence-corrected chi connectivity index (χ4v) is 4.03. The highest BCUT2D eigenvalue weighted by atomic mass is 16.5. The van der Waals surface area contributed by atoms with Crippen LogP contribution in [0.4, 0.5) is 5.69 Å². The number of benzene rings is 1. The molecular formula is C22H36N4O2. The Labute approximate surface area is 169 Å². The second kappa shape index (κ2) is 11.3. The zero-order chi connectivity index (χ0) is 19.6. The average molecular weight is 389 g/mol. The van der Waals surface area contributed by atoms with E-state index in [0.29, 0.717) is 12.0 Å². The number of nitrogens with one attached hydrogen (secondary N) is 2. The largest absolute Gasteiger partial charge is 0.381 e. The number of hydrogen-bond donors (Lipinski definition) is 2. The van der Waals surface area contributed by atoms with Gasteiger partial charge in [-0.1, -0.05) is 18.2 Å². The van der Waals surface area contributed by atoms with Gasteiger partial charge in [-0.15, -0.1) is 0 Å². The number of rotatable bonds is 9. The Morgan fingerprint density at radius 3 is 2.82 bits per heavy atom. The summed E-state index contributed by atoms with van der Waals surface area (Å²) in [7, 11) is 1.82. The number of guanidine groups is 1. The van der Waals surface area contributed by atoms with Crippen LogP contribution in [0.25, 0.3) is 0 Å². The molecule has 0 aromatic heterocycles. The van der Waals surface area contributed by atoms with Crippen molar-refractivity contribution in [2.45, 2.75) is 38.6 Å². The first-order chi connectivity index (χ1) is 13.8. The molecule has 1 unspecified atom stereocenters. The summed E-state index contributed by atoms with van der Waals surface area (Å²) in [6, 6.07) is 9.28. The van der Waals surface area contributed by atoms with Crippen LogP contribution in [0.15, 0.2) is 29.3 Å². The van der Waals surface area contributed by atoms with Crippen molar-refractivity contribution in [1.82, 2.24) is 10.6 Å². The number of anilines is 1. The Morgan fingerprint density at radius 1 is 1.21 bits per heavy atom. The Balaban J connectivity index is 1.27. The predicted molar refractivity (Wildman–Crippen MR) is 115 cm³/mol. The summed E-state index contributed by atoms with van der Waals surface area (Å²) in [4.78, 5) is 6.81. The third kappa shape index (κ3) is 6.11. The van der Waals surface area contributed by atoms with E-state index in [9.17, 15) is 0 Å². The quantitative estimate of drug-likeness (QED) is 0.387. The van der Waals surface area contributed by atoms with Gasteiger partial charge in [0.05, 0.1) is 0 Å². The zero-order valence-electron chi connectivity index (χ0n) is 17.5. The monoisotopic (exact) mass is 388 g/mol. The first kappa shape index (κ1) is 20.9. The highest BCUT2D eigenvalue weighted by molar-refractivity contribution is 5.79. The van der Waals surface area contributed by atoms with Gasteiger partial charge in [0.2, 0.25) is 0 Å². The summed E-state index contributed by atoms with van der Waals surface area (Å²) in [6.07, 6.45) is 4.39. The number of aliphatic imine (C=N–C) groups is 1. The van der Waals surface area contributed by atoms with Crippen molar-refractivity contribution in [1.29, 1.82) is 0 Å². The Bertz CT molecular complexity index is 616. The average Bonchev–Trinajstić information content (AvgIpc) is 3.05. The molecule has 28 heavy (non-hydrogen) atoms. The molecule has 1 aromatic carbocycles. The van der Waals surface area contributed by atoms with Crippen molar-refractivity contribution in [2.75, 3.05) is 58.0 Å². The lowest BCUT2D eigenvalue weighted by atomic mass is 10.0. The third-order valence-corrected chi connectivity index (χ3v) is 5.67. The van der Waals surface area contributed by atoms with Crippen LogP contribution >= 0.6 is 0 Å². The summed E-state index contributed by atoms with van der Waals surface area (Å²) in [5.41, 5.74) is 2.83. The molecule has 6 heteroatoms. The lowest BCUT2D eigenvalue weighted by molar-refractivity contribution is 0.0203. The van der Waals surface area contributed by atoms with Gasteiger partial charge in [-0.3, -0.25) is 4.99 Å². The van der Waals surface area contributed by atoms with Crippen molar-refractivity contribution in [2.24, 2.45) is 10.9 Å². The summed E-state index contributed by atoms with van der Waals surface area (Å²) >= 11 is 0. The smallest absolute Gasteiger partial charge is 0.191 e. The number of nitrogens with zero attached hydrogens (tertiary/aromatic N) is 2. The molecule has 2 aliphatic heterocycles. The van der Waals surface area contributed by atoms with E-state index in [2.05, 4.69) is 51.7 Å². The van der Waals surface area contributed by atoms with Crippen LogP contribution in [-0.2, 0) is 15.9 Å². The van der Waals surface area contributed by atoms with Crippen molar-refractivity contribution >= 4 is 11.6 Å². The molecule has 1 aromatic rings. The van der Waals surface area contributed by atoms with Gasteiger partial charge in [-0.05, 0) is 50.2 Å². The van der Waals surface area contributed by atoms with E-state index in [1.165, 1.54) is 11.3 Å². The Morgan fingerprint density at radius 2 is 2.00 bits per heavy atom. The maximum absolute atomic E-state index is 5.82. The molecule has 0 aliphatic carbocycles. The molecule has 1 saturated heterocycles. The molecule has 2 aliphatic rings. The SMILES string of the molecule is CN=C(NCCCOCC1CCOCC1)NCCN1c2ccccc2CC1C. The fourth-order valence-electron chi connectivity index (χ4n) is 4.03. The van der Waals surface area contributed by atoms with Gasteiger partial charge in [-0.2, -0.15) is 0 Å². The van der Waals surface area contributed by atoms with Gasteiger partial charge >= 0.3 is 0 Å². The molecule has 3 rings (SSSR count). The van der Waals surface area contributed by atoms with Crippen LogP contribution in [0.3, 0.4) is 0 Å². The molecule has 2 N–H and O–H groups in total. The highest BCUT2D eigenvalue weighted by Crippen LogP contribution is 2.31. The summed E-state index contributed by atoms with van der Waals surface area (Å²) < 4.78 is 11.2. The van der Waals surface area contributed by atoms with Crippen molar-refractivity contribution < 1.29 is 9.47 Å². The second-order valence-electron chi connectivity index (χ2n) is 7.79. The molecule has 6 nitrogen and oxygen atoms in total. The van der Waals surface area contributed by atoms with Crippen LogP contribution in [0.5, 0.6) is 0 Å². The molecule has 0 saturated carbocycles. The van der Waals surface area contributed by atoms with Gasteiger partial charge in [0.15, 0.2) is 5.96 Å². The maximum atomic E-state index is 5.82. The molecule has 0 amide bonds. The fraction of sp³-hybridized carbons (Fsp3) is 0.682. The van der Waals surface area contributed by atoms with E-state index < -0.39 is 0 Å². The highest BCUT2D eigenvalue weighted by Gasteiger charge is 2.24. The molecule has 156 valence electrons. The van der Waals surface area contributed by atoms with Crippen LogP contribution in [0.2, 0.25) is 0 Å². The number of hydrogen-bond acceptors (Lipinski definition) is 4. The lowest BCUT2D eigenvalue weighted by Gasteiger charge is -2.25. The third-order valence-electron chi connectivity index (χ3n) is 5.67. The Hall–Kier alpha value is -1.79. The molecular weight excluding hydrogens is 352 g/mol. The normalized spacial score (nSPS) is 20.3. The van der Waals surface area contributed by atoms with Crippen LogP contribution in [0, 0.1) is 5.92 Å². The maximum Gasteiger partial charge on any atom is 0.191 e. The lowest BCUT2D eigenvalue weighted by Crippen LogP contribution is -2.43. The minimum Gasteiger partial charge on any atom is -0.381 e. The predicted octanol–water partition coefficient (Wildman–Crippen LogP) is 2.44. The Kier molecular flexibility index (Phi) is 8.42. The molecule has 0 spiro atoms. The zero-order valence-corrected chi connectivity index (χ0v) is 17.5.